The second-order valence-corrected chi connectivity index (χ2v) is 10.9. The molecule has 1 fully saturated rings. The van der Waals surface area contributed by atoms with Gasteiger partial charge < -0.3 is 19.5 Å². The van der Waals surface area contributed by atoms with Gasteiger partial charge in [0.1, 0.15) is 0 Å². The van der Waals surface area contributed by atoms with E-state index in [1.807, 2.05) is 18.2 Å². The van der Waals surface area contributed by atoms with Gasteiger partial charge in [-0.15, -0.1) is 0 Å². The number of fused-ring (bicyclic) bond motifs is 1. The molecule has 182 valence electrons. The van der Waals surface area contributed by atoms with E-state index in [-0.39, 0.29) is 28.8 Å². The average Bonchev–Trinajstić information content (AvgIpc) is 3.36. The van der Waals surface area contributed by atoms with Gasteiger partial charge in [0, 0.05) is 30.7 Å². The molecule has 0 aliphatic carbocycles. The van der Waals surface area contributed by atoms with E-state index in [0.29, 0.717) is 36.6 Å². The van der Waals surface area contributed by atoms with Gasteiger partial charge in [0.2, 0.25) is 6.79 Å². The number of sulfone groups is 1. The Morgan fingerprint density at radius 3 is 2.46 bits per heavy atom. The Balaban J connectivity index is 1.32. The third-order valence-electron chi connectivity index (χ3n) is 6.67. The predicted octanol–water partition coefficient (Wildman–Crippen LogP) is 3.87. The van der Waals surface area contributed by atoms with Crippen molar-refractivity contribution in [1.29, 1.82) is 0 Å². The minimum atomic E-state index is -3.50. The molecule has 3 aromatic rings. The van der Waals surface area contributed by atoms with Crippen molar-refractivity contribution in [3.63, 3.8) is 0 Å². The summed E-state index contributed by atoms with van der Waals surface area (Å²) >= 11 is 0. The van der Waals surface area contributed by atoms with Crippen LogP contribution in [0.25, 0.3) is 0 Å². The Morgan fingerprint density at radius 2 is 1.66 bits per heavy atom. The third kappa shape index (κ3) is 5.04. The van der Waals surface area contributed by atoms with Crippen LogP contribution < -0.4 is 14.8 Å². The molecule has 0 aromatic heterocycles. The topological polar surface area (TPSA) is 90.9 Å². The lowest BCUT2D eigenvalue weighted by molar-refractivity contribution is 0.0486. The number of ether oxygens (including phenoxy) is 3. The number of amides is 1. The van der Waals surface area contributed by atoms with Crippen LogP contribution in [0.1, 0.15) is 34.3 Å². The Bertz CT molecular complexity index is 1320. The molecule has 2 aliphatic heterocycles. The molecule has 0 spiro atoms. The molecule has 8 heteroatoms. The lowest BCUT2D eigenvalue weighted by atomic mass is 9.74. The van der Waals surface area contributed by atoms with E-state index in [1.54, 1.807) is 54.6 Å². The van der Waals surface area contributed by atoms with E-state index in [1.165, 1.54) is 0 Å². The van der Waals surface area contributed by atoms with Crippen molar-refractivity contribution in [3.8, 4) is 11.5 Å². The maximum Gasteiger partial charge on any atom is 0.251 e. The molecule has 2 aliphatic rings. The van der Waals surface area contributed by atoms with Gasteiger partial charge >= 0.3 is 0 Å². The van der Waals surface area contributed by atoms with E-state index in [4.69, 9.17) is 14.2 Å². The molecule has 0 radical (unpaired) electrons. The first-order valence-corrected chi connectivity index (χ1v) is 13.2. The molecule has 1 saturated heterocycles. The number of benzene rings is 3. The first kappa shape index (κ1) is 23.4. The summed E-state index contributed by atoms with van der Waals surface area (Å²) in [5, 5.41) is 3.08. The highest BCUT2D eigenvalue weighted by Crippen LogP contribution is 2.40. The monoisotopic (exact) mass is 493 g/mol. The van der Waals surface area contributed by atoms with Crippen molar-refractivity contribution in [2.45, 2.75) is 28.9 Å². The molecule has 5 rings (SSSR count). The van der Waals surface area contributed by atoms with Crippen LogP contribution in [0.3, 0.4) is 0 Å². The normalized spacial score (nSPS) is 16.6. The molecule has 1 N–H and O–H groups in total. The van der Waals surface area contributed by atoms with Gasteiger partial charge in [-0.05, 0) is 60.4 Å². The second-order valence-electron chi connectivity index (χ2n) is 8.92. The third-order valence-corrected chi connectivity index (χ3v) is 8.37. The number of carbonyl (C=O) groups is 1. The van der Waals surface area contributed by atoms with Gasteiger partial charge in [0.15, 0.2) is 21.3 Å². The summed E-state index contributed by atoms with van der Waals surface area (Å²) in [4.78, 5) is 13.4. The first-order valence-electron chi connectivity index (χ1n) is 11.6. The molecular formula is C27H27NO6S. The Morgan fingerprint density at radius 1 is 0.886 bits per heavy atom. The highest BCUT2D eigenvalue weighted by Gasteiger charge is 2.36. The molecule has 0 atom stereocenters. The first-order chi connectivity index (χ1) is 17.0. The minimum Gasteiger partial charge on any atom is -0.454 e. The molecule has 1 amide bonds. The summed E-state index contributed by atoms with van der Waals surface area (Å²) in [5.74, 6) is 1.03. The van der Waals surface area contributed by atoms with Crippen molar-refractivity contribution in [1.82, 2.24) is 5.32 Å². The molecule has 3 aromatic carbocycles. The van der Waals surface area contributed by atoms with Crippen LogP contribution in [-0.2, 0) is 25.7 Å². The smallest absolute Gasteiger partial charge is 0.251 e. The van der Waals surface area contributed by atoms with Gasteiger partial charge in [0.05, 0.1) is 10.6 Å². The maximum absolute atomic E-state index is 13.1. The van der Waals surface area contributed by atoms with Crippen LogP contribution in [0, 0.1) is 0 Å². The van der Waals surface area contributed by atoms with E-state index in [2.05, 4.69) is 5.32 Å². The minimum absolute atomic E-state index is 0.170. The summed E-state index contributed by atoms with van der Waals surface area (Å²) in [5.41, 5.74) is 1.79. The zero-order chi connectivity index (χ0) is 24.3. The van der Waals surface area contributed by atoms with Crippen LogP contribution in [0.2, 0.25) is 0 Å². The molecule has 7 nitrogen and oxygen atoms in total. The summed E-state index contributed by atoms with van der Waals surface area (Å²) in [6.45, 7) is 1.86. The molecule has 0 unspecified atom stereocenters. The Labute approximate surface area is 204 Å². The largest absolute Gasteiger partial charge is 0.454 e. The summed E-state index contributed by atoms with van der Waals surface area (Å²) < 4.78 is 42.1. The van der Waals surface area contributed by atoms with Crippen molar-refractivity contribution in [3.05, 3.63) is 89.5 Å². The molecule has 35 heavy (non-hydrogen) atoms. The van der Waals surface area contributed by atoms with E-state index >= 15 is 0 Å². The highest BCUT2D eigenvalue weighted by molar-refractivity contribution is 7.90. The van der Waals surface area contributed by atoms with Crippen molar-refractivity contribution >= 4 is 15.7 Å². The van der Waals surface area contributed by atoms with E-state index < -0.39 is 9.84 Å². The number of hydrogen-bond donors (Lipinski definition) is 1. The van der Waals surface area contributed by atoms with E-state index in [9.17, 15) is 13.2 Å². The summed E-state index contributed by atoms with van der Waals surface area (Å²) in [6.07, 6.45) is 1.53. The van der Waals surface area contributed by atoms with Crippen LogP contribution in [0.15, 0.2) is 77.7 Å². The predicted molar refractivity (Wildman–Crippen MR) is 130 cm³/mol. The van der Waals surface area contributed by atoms with Crippen molar-refractivity contribution in [2.24, 2.45) is 0 Å². The Kier molecular flexibility index (Phi) is 6.49. The molecule has 0 saturated carbocycles. The number of carbonyl (C=O) groups excluding carboxylic acids is 1. The van der Waals surface area contributed by atoms with Crippen molar-refractivity contribution in [2.75, 3.05) is 26.6 Å². The molecule has 0 bridgehead atoms. The number of nitrogens with one attached hydrogen (secondary N) is 1. The quantitative estimate of drug-likeness (QED) is 0.537. The fraction of sp³-hybridized carbons (Fsp3) is 0.296. The summed E-state index contributed by atoms with van der Waals surface area (Å²) in [7, 11) is -3.50. The molecule has 2 heterocycles. The maximum atomic E-state index is 13.1. The van der Waals surface area contributed by atoms with E-state index in [0.717, 1.165) is 24.2 Å². The van der Waals surface area contributed by atoms with Gasteiger partial charge in [-0.25, -0.2) is 8.42 Å². The van der Waals surface area contributed by atoms with Crippen LogP contribution >= 0.6 is 0 Å². The Hall–Kier alpha value is -3.36. The fourth-order valence-corrected chi connectivity index (χ4v) is 6.00. The van der Waals surface area contributed by atoms with Gasteiger partial charge in [-0.3, -0.25) is 4.79 Å². The standard InChI is InChI=1S/C27H27NO6S/c29-26(21-6-4-5-20(15-21)17-35(30,31)23-7-2-1-3-8-23)28-18-27(11-13-32-14-12-27)22-9-10-24-25(16-22)34-19-33-24/h1-10,15-16H,11-14,17-19H2,(H,28,29). The zero-order valence-electron chi connectivity index (χ0n) is 19.2. The summed E-state index contributed by atoms with van der Waals surface area (Å²) in [6, 6.07) is 21.0. The van der Waals surface area contributed by atoms with Gasteiger partial charge in [0.25, 0.3) is 5.91 Å². The average molecular weight is 494 g/mol. The number of hydrogen-bond acceptors (Lipinski definition) is 6. The fourth-order valence-electron chi connectivity index (χ4n) is 4.64. The van der Waals surface area contributed by atoms with Crippen LogP contribution in [0.4, 0.5) is 0 Å². The number of rotatable bonds is 7. The highest BCUT2D eigenvalue weighted by atomic mass is 32.2. The molecular weight excluding hydrogens is 466 g/mol. The zero-order valence-corrected chi connectivity index (χ0v) is 20.1. The lowest BCUT2D eigenvalue weighted by Gasteiger charge is -2.38. The van der Waals surface area contributed by atoms with Crippen LogP contribution in [0.5, 0.6) is 11.5 Å². The van der Waals surface area contributed by atoms with Crippen LogP contribution in [-0.4, -0.2) is 40.9 Å². The van der Waals surface area contributed by atoms with Crippen molar-refractivity contribution < 1.29 is 27.4 Å². The SMILES string of the molecule is O=C(NCC1(c2ccc3c(c2)OCO3)CCOCC1)c1cccc(CS(=O)(=O)c2ccccc2)c1. The second kappa shape index (κ2) is 9.71. The van der Waals surface area contributed by atoms with Gasteiger partial charge in [-0.1, -0.05) is 36.4 Å². The van der Waals surface area contributed by atoms with Gasteiger partial charge in [-0.2, -0.15) is 0 Å². The lowest BCUT2D eigenvalue weighted by Crippen LogP contribution is -2.44.